The Morgan fingerprint density at radius 3 is 2.48 bits per heavy atom. The van der Waals surface area contributed by atoms with E-state index in [-0.39, 0.29) is 5.56 Å². The number of nitrogens with zero attached hydrogens (tertiary/aromatic N) is 1. The molecular formula is C16H17NO4. The van der Waals surface area contributed by atoms with Gasteiger partial charge >= 0.3 is 5.97 Å². The number of hydrogen-bond acceptors (Lipinski definition) is 4. The Kier molecular flexibility index (Phi) is 4.90. The topological polar surface area (TPSA) is 57.5 Å². The minimum Gasteiger partial charge on any atom is -0.465 e. The van der Waals surface area contributed by atoms with Crippen molar-refractivity contribution in [2.24, 2.45) is 0 Å². The van der Waals surface area contributed by atoms with Gasteiger partial charge in [0.05, 0.1) is 19.3 Å². The molecule has 5 nitrogen and oxygen atoms in total. The lowest BCUT2D eigenvalue weighted by Crippen LogP contribution is -2.22. The van der Waals surface area contributed by atoms with Crippen molar-refractivity contribution >= 4 is 5.97 Å². The van der Waals surface area contributed by atoms with Gasteiger partial charge in [-0.15, -0.1) is 0 Å². The largest absolute Gasteiger partial charge is 0.465 e. The first-order valence-corrected chi connectivity index (χ1v) is 6.54. The van der Waals surface area contributed by atoms with E-state index in [4.69, 9.17) is 4.74 Å². The SMILES string of the molecule is COCCn1cccc(-c2ccc(C(=O)OC)cc2)c1=O. The van der Waals surface area contributed by atoms with Crippen LogP contribution in [0.3, 0.4) is 0 Å². The highest BCUT2D eigenvalue weighted by Gasteiger charge is 2.08. The van der Waals surface area contributed by atoms with E-state index in [1.807, 2.05) is 6.07 Å². The maximum Gasteiger partial charge on any atom is 0.337 e. The zero-order valence-corrected chi connectivity index (χ0v) is 12.0. The van der Waals surface area contributed by atoms with E-state index in [9.17, 15) is 9.59 Å². The van der Waals surface area contributed by atoms with Crippen molar-refractivity contribution in [2.75, 3.05) is 20.8 Å². The lowest BCUT2D eigenvalue weighted by Gasteiger charge is -2.08. The van der Waals surface area contributed by atoms with Crippen LogP contribution in [0, 0.1) is 0 Å². The van der Waals surface area contributed by atoms with E-state index in [0.717, 1.165) is 5.56 Å². The Morgan fingerprint density at radius 1 is 1.14 bits per heavy atom. The number of benzene rings is 1. The predicted octanol–water partition coefficient (Wildman–Crippen LogP) is 1.95. The number of aromatic nitrogens is 1. The minimum absolute atomic E-state index is 0.0830. The van der Waals surface area contributed by atoms with Crippen molar-refractivity contribution in [1.29, 1.82) is 0 Å². The monoisotopic (exact) mass is 287 g/mol. The van der Waals surface area contributed by atoms with Crippen LogP contribution in [0.1, 0.15) is 10.4 Å². The number of pyridine rings is 1. The predicted molar refractivity (Wildman–Crippen MR) is 79.4 cm³/mol. The van der Waals surface area contributed by atoms with Crippen LogP contribution < -0.4 is 5.56 Å². The average molecular weight is 287 g/mol. The number of esters is 1. The van der Waals surface area contributed by atoms with E-state index in [1.165, 1.54) is 7.11 Å². The minimum atomic E-state index is -0.396. The van der Waals surface area contributed by atoms with E-state index in [1.54, 1.807) is 48.2 Å². The van der Waals surface area contributed by atoms with Crippen LogP contribution in [-0.4, -0.2) is 31.4 Å². The number of rotatable bonds is 5. The van der Waals surface area contributed by atoms with Gasteiger partial charge in [-0.05, 0) is 29.8 Å². The molecule has 0 saturated heterocycles. The molecule has 0 unspecified atom stereocenters. The summed E-state index contributed by atoms with van der Waals surface area (Å²) in [6.45, 7) is 0.980. The molecule has 1 heterocycles. The molecule has 0 atom stereocenters. The second-order valence-electron chi connectivity index (χ2n) is 4.48. The number of methoxy groups -OCH3 is 2. The molecule has 0 aliphatic carbocycles. The highest BCUT2D eigenvalue weighted by Crippen LogP contribution is 2.16. The van der Waals surface area contributed by atoms with Gasteiger partial charge in [0.25, 0.3) is 5.56 Å². The van der Waals surface area contributed by atoms with Gasteiger partial charge < -0.3 is 14.0 Å². The number of ether oxygens (including phenoxy) is 2. The second-order valence-corrected chi connectivity index (χ2v) is 4.48. The fourth-order valence-corrected chi connectivity index (χ4v) is 2.03. The molecule has 0 N–H and O–H groups in total. The van der Waals surface area contributed by atoms with E-state index >= 15 is 0 Å². The molecular weight excluding hydrogens is 270 g/mol. The lowest BCUT2D eigenvalue weighted by atomic mass is 10.1. The van der Waals surface area contributed by atoms with Gasteiger partial charge in [0.2, 0.25) is 0 Å². The Balaban J connectivity index is 2.34. The number of hydrogen-bond donors (Lipinski definition) is 0. The molecule has 1 aromatic carbocycles. The zero-order chi connectivity index (χ0) is 15.2. The number of carbonyl (C=O) groups is 1. The van der Waals surface area contributed by atoms with Crippen LogP contribution in [0.15, 0.2) is 47.4 Å². The molecule has 0 bridgehead atoms. The van der Waals surface area contributed by atoms with Crippen LogP contribution >= 0.6 is 0 Å². The smallest absolute Gasteiger partial charge is 0.337 e. The van der Waals surface area contributed by atoms with Gasteiger partial charge in [0.1, 0.15) is 0 Å². The summed E-state index contributed by atoms with van der Waals surface area (Å²) in [4.78, 5) is 23.8. The molecule has 0 aliphatic heterocycles. The highest BCUT2D eigenvalue weighted by atomic mass is 16.5. The van der Waals surface area contributed by atoms with Crippen molar-refractivity contribution in [3.8, 4) is 11.1 Å². The summed E-state index contributed by atoms with van der Waals surface area (Å²) in [7, 11) is 2.93. The molecule has 0 aliphatic rings. The lowest BCUT2D eigenvalue weighted by molar-refractivity contribution is 0.0601. The summed E-state index contributed by atoms with van der Waals surface area (Å²) < 4.78 is 11.2. The Hall–Kier alpha value is -2.40. The first-order valence-electron chi connectivity index (χ1n) is 6.54. The third-order valence-corrected chi connectivity index (χ3v) is 3.17. The van der Waals surface area contributed by atoms with Crippen LogP contribution in [0.2, 0.25) is 0 Å². The molecule has 1 aromatic heterocycles. The maximum absolute atomic E-state index is 12.4. The van der Waals surface area contributed by atoms with Crippen molar-refractivity contribution < 1.29 is 14.3 Å². The molecule has 5 heteroatoms. The second kappa shape index (κ2) is 6.85. The Bertz CT molecular complexity index is 673. The van der Waals surface area contributed by atoms with Gasteiger partial charge in [-0.25, -0.2) is 4.79 Å². The zero-order valence-electron chi connectivity index (χ0n) is 12.0. The summed E-state index contributed by atoms with van der Waals surface area (Å²) in [6, 6.07) is 10.4. The molecule has 2 aromatic rings. The maximum atomic E-state index is 12.4. The van der Waals surface area contributed by atoms with Crippen molar-refractivity contribution in [1.82, 2.24) is 4.57 Å². The average Bonchev–Trinajstić information content (AvgIpc) is 2.53. The van der Waals surface area contributed by atoms with E-state index in [2.05, 4.69) is 4.74 Å². The Morgan fingerprint density at radius 2 is 1.86 bits per heavy atom. The van der Waals surface area contributed by atoms with Gasteiger partial charge in [0.15, 0.2) is 0 Å². The fourth-order valence-electron chi connectivity index (χ4n) is 2.03. The van der Waals surface area contributed by atoms with Crippen LogP contribution in [0.5, 0.6) is 0 Å². The molecule has 0 fully saturated rings. The van der Waals surface area contributed by atoms with Gasteiger partial charge in [0, 0.05) is 25.4 Å². The van der Waals surface area contributed by atoms with Gasteiger partial charge in [-0.2, -0.15) is 0 Å². The highest BCUT2D eigenvalue weighted by molar-refractivity contribution is 5.89. The first kappa shape index (κ1) is 15.0. The summed E-state index contributed by atoms with van der Waals surface area (Å²) in [6.07, 6.45) is 1.73. The van der Waals surface area contributed by atoms with Crippen LogP contribution in [-0.2, 0) is 16.0 Å². The first-order chi connectivity index (χ1) is 10.2. The van der Waals surface area contributed by atoms with Crippen molar-refractivity contribution in [3.05, 3.63) is 58.5 Å². The van der Waals surface area contributed by atoms with Crippen molar-refractivity contribution in [3.63, 3.8) is 0 Å². The van der Waals surface area contributed by atoms with Gasteiger partial charge in [-0.1, -0.05) is 12.1 Å². The molecule has 2 rings (SSSR count). The molecule has 0 radical (unpaired) electrons. The standard InChI is InChI=1S/C16H17NO4/c1-20-11-10-17-9-3-4-14(15(17)18)12-5-7-13(8-6-12)16(19)21-2/h3-9H,10-11H2,1-2H3. The third-order valence-electron chi connectivity index (χ3n) is 3.17. The normalized spacial score (nSPS) is 10.4. The van der Waals surface area contributed by atoms with Gasteiger partial charge in [-0.3, -0.25) is 4.79 Å². The number of carbonyl (C=O) groups excluding carboxylic acids is 1. The van der Waals surface area contributed by atoms with E-state index < -0.39 is 5.97 Å². The molecule has 110 valence electrons. The molecule has 21 heavy (non-hydrogen) atoms. The molecule has 0 spiro atoms. The van der Waals surface area contributed by atoms with Crippen LogP contribution in [0.25, 0.3) is 11.1 Å². The Labute approximate surface area is 122 Å². The van der Waals surface area contributed by atoms with Crippen LogP contribution in [0.4, 0.5) is 0 Å². The third kappa shape index (κ3) is 3.38. The van der Waals surface area contributed by atoms with Crippen molar-refractivity contribution in [2.45, 2.75) is 6.54 Å². The summed E-state index contributed by atoms with van der Waals surface area (Å²) >= 11 is 0. The summed E-state index contributed by atoms with van der Waals surface area (Å²) in [5.41, 5.74) is 1.72. The summed E-state index contributed by atoms with van der Waals surface area (Å²) in [5.74, 6) is -0.396. The fraction of sp³-hybridized carbons (Fsp3) is 0.250. The molecule has 0 amide bonds. The summed E-state index contributed by atoms with van der Waals surface area (Å²) in [5, 5.41) is 0. The quantitative estimate of drug-likeness (QED) is 0.789. The molecule has 0 saturated carbocycles. The van der Waals surface area contributed by atoms with E-state index in [0.29, 0.717) is 24.3 Å².